The largest absolute Gasteiger partial charge is 0.505 e. The number of anilines is 1. The van der Waals surface area contributed by atoms with Crippen LogP contribution in [0.1, 0.15) is 12.8 Å². The molecule has 2 rings (SSSR count). The molecule has 0 fully saturated rings. The minimum absolute atomic E-state index is 0.184. The van der Waals surface area contributed by atoms with Crippen LogP contribution < -0.4 is 5.32 Å². The molecule has 1 aliphatic rings. The third-order valence-corrected chi connectivity index (χ3v) is 3.30. The number of carbonyl (C=O) groups excluding carboxylic acids is 1. The summed E-state index contributed by atoms with van der Waals surface area (Å²) in [5.41, 5.74) is 0.184. The van der Waals surface area contributed by atoms with Gasteiger partial charge in [0.1, 0.15) is 0 Å². The van der Waals surface area contributed by atoms with E-state index in [1.807, 2.05) is 0 Å². The number of phenolic OH excluding ortho intramolecular Hbond substituents is 1. The van der Waals surface area contributed by atoms with E-state index < -0.39 is 35.3 Å². The van der Waals surface area contributed by atoms with Gasteiger partial charge in [0.15, 0.2) is 11.6 Å². The first-order valence-corrected chi connectivity index (χ1v) is 6.16. The summed E-state index contributed by atoms with van der Waals surface area (Å²) in [6.45, 7) is 0. The molecule has 0 saturated carbocycles. The number of hydrogen-bond donors (Lipinski definition) is 3. The van der Waals surface area contributed by atoms with Gasteiger partial charge >= 0.3 is 5.97 Å². The maximum atomic E-state index is 13.2. The highest BCUT2D eigenvalue weighted by molar-refractivity contribution is 5.95. The normalized spacial score (nSPS) is 21.4. The number of aromatic hydroxyl groups is 1. The fourth-order valence-corrected chi connectivity index (χ4v) is 2.20. The van der Waals surface area contributed by atoms with Crippen molar-refractivity contribution in [3.05, 3.63) is 36.2 Å². The van der Waals surface area contributed by atoms with Crippen molar-refractivity contribution in [2.24, 2.45) is 11.8 Å². The van der Waals surface area contributed by atoms with Gasteiger partial charge in [-0.2, -0.15) is 0 Å². The number of amides is 1. The molecule has 20 heavy (non-hydrogen) atoms. The lowest BCUT2D eigenvalue weighted by atomic mass is 9.82. The number of nitrogens with one attached hydrogen (secondary N) is 1. The Kier molecular flexibility index (Phi) is 4.02. The molecule has 1 aromatic carbocycles. The number of carboxylic acid groups (broad SMARTS) is 1. The maximum absolute atomic E-state index is 13.2. The van der Waals surface area contributed by atoms with Crippen LogP contribution in [-0.2, 0) is 9.59 Å². The molecule has 1 amide bonds. The summed E-state index contributed by atoms with van der Waals surface area (Å²) in [6, 6.07) is 3.47. The van der Waals surface area contributed by atoms with Crippen molar-refractivity contribution in [3.63, 3.8) is 0 Å². The molecule has 6 heteroatoms. The lowest BCUT2D eigenvalue weighted by Gasteiger charge is -2.24. The lowest BCUT2D eigenvalue weighted by molar-refractivity contribution is -0.146. The van der Waals surface area contributed by atoms with Crippen molar-refractivity contribution in [1.82, 2.24) is 0 Å². The molecule has 2 unspecified atom stereocenters. The zero-order valence-electron chi connectivity index (χ0n) is 10.5. The summed E-state index contributed by atoms with van der Waals surface area (Å²) < 4.78 is 13.2. The molecule has 0 saturated heterocycles. The fraction of sp³-hybridized carbons (Fsp3) is 0.286. The zero-order valence-corrected chi connectivity index (χ0v) is 10.5. The summed E-state index contributed by atoms with van der Waals surface area (Å²) in [4.78, 5) is 23.2. The highest BCUT2D eigenvalue weighted by atomic mass is 19.1. The van der Waals surface area contributed by atoms with Crippen LogP contribution in [0.2, 0.25) is 0 Å². The number of benzene rings is 1. The van der Waals surface area contributed by atoms with Crippen LogP contribution >= 0.6 is 0 Å². The van der Waals surface area contributed by atoms with Crippen LogP contribution in [0.5, 0.6) is 5.75 Å². The topological polar surface area (TPSA) is 86.6 Å². The SMILES string of the molecule is O=C(O)C1CC=CCC1C(=O)Nc1ccc(O)c(F)c1. The predicted octanol–water partition coefficient (Wildman–Crippen LogP) is 2.14. The molecule has 5 nitrogen and oxygen atoms in total. The molecule has 106 valence electrons. The Morgan fingerprint density at radius 2 is 1.85 bits per heavy atom. The number of allylic oxidation sites excluding steroid dienone is 2. The highest BCUT2D eigenvalue weighted by Gasteiger charge is 2.33. The summed E-state index contributed by atoms with van der Waals surface area (Å²) in [6.07, 6.45) is 4.14. The Morgan fingerprint density at radius 1 is 1.20 bits per heavy atom. The molecule has 0 aromatic heterocycles. The van der Waals surface area contributed by atoms with Crippen LogP contribution in [0.4, 0.5) is 10.1 Å². The van der Waals surface area contributed by atoms with E-state index in [4.69, 9.17) is 10.2 Å². The van der Waals surface area contributed by atoms with Crippen LogP contribution in [0.3, 0.4) is 0 Å². The summed E-state index contributed by atoms with van der Waals surface area (Å²) >= 11 is 0. The number of halogens is 1. The number of rotatable bonds is 3. The van der Waals surface area contributed by atoms with Crippen LogP contribution in [0.25, 0.3) is 0 Å². The van der Waals surface area contributed by atoms with Crippen molar-refractivity contribution >= 4 is 17.6 Å². The number of aliphatic carboxylic acids is 1. The molecular formula is C14H14FNO4. The lowest BCUT2D eigenvalue weighted by Crippen LogP contribution is -2.34. The second-order valence-electron chi connectivity index (χ2n) is 4.65. The second kappa shape index (κ2) is 5.73. The zero-order chi connectivity index (χ0) is 14.7. The van der Waals surface area contributed by atoms with Gasteiger partial charge in [0, 0.05) is 11.8 Å². The second-order valence-corrected chi connectivity index (χ2v) is 4.65. The van der Waals surface area contributed by atoms with E-state index >= 15 is 0 Å². The van der Waals surface area contributed by atoms with Gasteiger partial charge in [0.05, 0.1) is 11.8 Å². The van der Waals surface area contributed by atoms with Crippen LogP contribution in [0.15, 0.2) is 30.4 Å². The molecule has 1 aromatic rings. The van der Waals surface area contributed by atoms with Crippen LogP contribution in [0, 0.1) is 17.7 Å². The third-order valence-electron chi connectivity index (χ3n) is 3.30. The van der Waals surface area contributed by atoms with Gasteiger partial charge in [0.2, 0.25) is 5.91 Å². The Morgan fingerprint density at radius 3 is 2.45 bits per heavy atom. The van der Waals surface area contributed by atoms with E-state index in [-0.39, 0.29) is 5.69 Å². The van der Waals surface area contributed by atoms with Gasteiger partial charge in [-0.25, -0.2) is 4.39 Å². The Bertz CT molecular complexity index is 570. The summed E-state index contributed by atoms with van der Waals surface area (Å²) in [7, 11) is 0. The monoisotopic (exact) mass is 279 g/mol. The number of carbonyl (C=O) groups is 2. The van der Waals surface area contributed by atoms with Crippen molar-refractivity contribution in [2.75, 3.05) is 5.32 Å². The van der Waals surface area contributed by atoms with Crippen molar-refractivity contribution in [3.8, 4) is 5.75 Å². The van der Waals surface area contributed by atoms with E-state index in [0.717, 1.165) is 12.1 Å². The number of phenols is 1. The van der Waals surface area contributed by atoms with E-state index in [1.54, 1.807) is 12.2 Å². The van der Waals surface area contributed by atoms with E-state index in [0.29, 0.717) is 12.8 Å². The van der Waals surface area contributed by atoms with Gasteiger partial charge in [-0.3, -0.25) is 9.59 Å². The number of carboxylic acids is 1. The first-order chi connectivity index (χ1) is 9.49. The molecule has 0 heterocycles. The minimum atomic E-state index is -1.02. The molecule has 0 spiro atoms. The smallest absolute Gasteiger partial charge is 0.307 e. The third kappa shape index (κ3) is 2.96. The van der Waals surface area contributed by atoms with Gasteiger partial charge in [-0.15, -0.1) is 0 Å². The highest BCUT2D eigenvalue weighted by Crippen LogP contribution is 2.28. The maximum Gasteiger partial charge on any atom is 0.307 e. The molecule has 0 radical (unpaired) electrons. The van der Waals surface area contributed by atoms with Gasteiger partial charge in [0.25, 0.3) is 0 Å². The Labute approximate surface area is 114 Å². The van der Waals surface area contributed by atoms with Crippen molar-refractivity contribution in [1.29, 1.82) is 0 Å². The molecular weight excluding hydrogens is 265 g/mol. The minimum Gasteiger partial charge on any atom is -0.505 e. The molecule has 0 bridgehead atoms. The first kappa shape index (κ1) is 14.0. The molecule has 0 aliphatic heterocycles. The fourth-order valence-electron chi connectivity index (χ4n) is 2.20. The summed E-state index contributed by atoms with van der Waals surface area (Å²) in [5.74, 6) is -4.30. The quantitative estimate of drug-likeness (QED) is 0.584. The first-order valence-electron chi connectivity index (χ1n) is 6.16. The number of hydrogen-bond acceptors (Lipinski definition) is 3. The van der Waals surface area contributed by atoms with Crippen LogP contribution in [-0.4, -0.2) is 22.1 Å². The molecule has 2 atom stereocenters. The Balaban J connectivity index is 2.12. The predicted molar refractivity (Wildman–Crippen MR) is 69.7 cm³/mol. The van der Waals surface area contributed by atoms with Gasteiger partial charge in [-0.1, -0.05) is 12.2 Å². The van der Waals surface area contributed by atoms with Crippen molar-refractivity contribution < 1.29 is 24.2 Å². The molecule has 1 aliphatic carbocycles. The van der Waals surface area contributed by atoms with Crippen molar-refractivity contribution in [2.45, 2.75) is 12.8 Å². The van der Waals surface area contributed by atoms with E-state index in [1.165, 1.54) is 6.07 Å². The molecule has 3 N–H and O–H groups in total. The van der Waals surface area contributed by atoms with E-state index in [9.17, 15) is 14.0 Å². The van der Waals surface area contributed by atoms with Gasteiger partial charge < -0.3 is 15.5 Å². The average Bonchev–Trinajstić information content (AvgIpc) is 2.43. The van der Waals surface area contributed by atoms with Gasteiger partial charge in [-0.05, 0) is 25.0 Å². The van der Waals surface area contributed by atoms with E-state index in [2.05, 4.69) is 5.32 Å². The Hall–Kier alpha value is -2.37. The summed E-state index contributed by atoms with van der Waals surface area (Å²) in [5, 5.41) is 20.6. The average molecular weight is 279 g/mol. The standard InChI is InChI=1S/C14H14FNO4/c15-11-7-8(5-6-12(11)17)16-13(18)9-3-1-2-4-10(9)14(19)20/h1-2,5-7,9-10,17H,3-4H2,(H,16,18)(H,19,20).